The van der Waals surface area contributed by atoms with Gasteiger partial charge in [0.1, 0.15) is 5.75 Å². The number of nitrogens with one attached hydrogen (secondary N) is 2. The Labute approximate surface area is 213 Å². The standard InChI is InChI=1S/C26H23F3N2O3S2/c27-26(28,29)16-6-2-3-7-17(16)30-19(32)12-34-18-8-4-1-5-15(18)21-20-13-9-10-14(11-13)22(20)35-24-23(21)36-25(33)31-24/h1-8,13-14,20-22H,9-12H2,(H,30,32)(H,31,33)/t13?,14?,20?,21-,22?/m1/s1. The number of aromatic amines is 1. The highest BCUT2D eigenvalue weighted by Crippen LogP contribution is 2.64. The number of alkyl halides is 3. The van der Waals surface area contributed by atoms with Crippen LogP contribution in [-0.2, 0) is 11.0 Å². The molecule has 1 amide bonds. The number of thiazole rings is 1. The van der Waals surface area contributed by atoms with Crippen LogP contribution in [0, 0.1) is 17.8 Å². The number of benzene rings is 2. The predicted molar refractivity (Wildman–Crippen MR) is 133 cm³/mol. The van der Waals surface area contributed by atoms with E-state index in [4.69, 9.17) is 4.74 Å². The predicted octanol–water partition coefficient (Wildman–Crippen LogP) is 6.13. The lowest BCUT2D eigenvalue weighted by Gasteiger charge is -2.40. The number of halogens is 3. The average molecular weight is 533 g/mol. The summed E-state index contributed by atoms with van der Waals surface area (Å²) >= 11 is 3.03. The van der Waals surface area contributed by atoms with Crippen LogP contribution >= 0.6 is 23.1 Å². The SMILES string of the molecule is O=C(COc1ccccc1[C@H]1c2sc(=O)[nH]c2SC2C3CCC(C3)C21)Nc1ccccc1C(F)(F)F. The van der Waals surface area contributed by atoms with Gasteiger partial charge in [-0.05, 0) is 55.2 Å². The molecule has 3 aromatic rings. The van der Waals surface area contributed by atoms with E-state index in [1.807, 2.05) is 18.2 Å². The topological polar surface area (TPSA) is 71.2 Å². The minimum absolute atomic E-state index is 0.0179. The van der Waals surface area contributed by atoms with Gasteiger partial charge in [0, 0.05) is 21.6 Å². The molecule has 2 saturated carbocycles. The quantitative estimate of drug-likeness (QED) is 0.415. The maximum absolute atomic E-state index is 13.3. The Hall–Kier alpha value is -2.72. The third-order valence-electron chi connectivity index (χ3n) is 7.58. The maximum atomic E-state index is 13.3. The summed E-state index contributed by atoms with van der Waals surface area (Å²) in [5, 5.41) is 3.70. The van der Waals surface area contributed by atoms with E-state index in [-0.39, 0.29) is 16.5 Å². The molecule has 2 fully saturated rings. The van der Waals surface area contributed by atoms with Crippen LogP contribution in [0.2, 0.25) is 0 Å². The van der Waals surface area contributed by atoms with Gasteiger partial charge in [-0.2, -0.15) is 13.2 Å². The fourth-order valence-electron chi connectivity index (χ4n) is 6.24. The van der Waals surface area contributed by atoms with Crippen molar-refractivity contribution in [1.82, 2.24) is 4.98 Å². The van der Waals surface area contributed by atoms with Crippen molar-refractivity contribution < 1.29 is 22.7 Å². The van der Waals surface area contributed by atoms with Crippen molar-refractivity contribution >= 4 is 34.7 Å². The number of thioether (sulfide) groups is 1. The smallest absolute Gasteiger partial charge is 0.418 e. The first-order chi connectivity index (χ1) is 17.3. The van der Waals surface area contributed by atoms with Gasteiger partial charge in [0.25, 0.3) is 5.91 Å². The number of hydrogen-bond donors (Lipinski definition) is 2. The van der Waals surface area contributed by atoms with E-state index in [2.05, 4.69) is 10.3 Å². The lowest BCUT2D eigenvalue weighted by atomic mass is 9.74. The molecule has 2 aromatic carbocycles. The highest BCUT2D eigenvalue weighted by molar-refractivity contribution is 8.00. The lowest BCUT2D eigenvalue weighted by Crippen LogP contribution is -2.34. The van der Waals surface area contributed by atoms with Gasteiger partial charge in [0.05, 0.1) is 16.3 Å². The molecule has 4 unspecified atom stereocenters. The normalized spacial score (nSPS) is 26.4. The molecule has 0 radical (unpaired) electrons. The molecular weight excluding hydrogens is 509 g/mol. The van der Waals surface area contributed by atoms with E-state index in [1.54, 1.807) is 17.8 Å². The number of aromatic nitrogens is 1. The van der Waals surface area contributed by atoms with Crippen molar-refractivity contribution in [3.05, 3.63) is 74.2 Å². The molecule has 2 aliphatic carbocycles. The highest BCUT2D eigenvalue weighted by Gasteiger charge is 2.55. The Morgan fingerprint density at radius 2 is 1.83 bits per heavy atom. The number of fused-ring (bicyclic) bond motifs is 6. The highest BCUT2D eigenvalue weighted by atomic mass is 32.2. The number of para-hydroxylation sites is 2. The first-order valence-electron chi connectivity index (χ1n) is 11.9. The number of carbonyl (C=O) groups is 1. The molecule has 0 spiro atoms. The van der Waals surface area contributed by atoms with E-state index in [0.717, 1.165) is 21.5 Å². The summed E-state index contributed by atoms with van der Waals surface area (Å²) in [5.41, 5.74) is -0.293. The van der Waals surface area contributed by atoms with Gasteiger partial charge < -0.3 is 15.0 Å². The zero-order valence-electron chi connectivity index (χ0n) is 19.0. The van der Waals surface area contributed by atoms with E-state index < -0.39 is 24.3 Å². The summed E-state index contributed by atoms with van der Waals surface area (Å²) in [6, 6.07) is 12.4. The number of rotatable bonds is 5. The van der Waals surface area contributed by atoms with Crippen LogP contribution in [0.1, 0.15) is 41.2 Å². The summed E-state index contributed by atoms with van der Waals surface area (Å²) in [7, 11) is 0. The molecule has 1 aliphatic heterocycles. The minimum Gasteiger partial charge on any atom is -0.483 e. The molecule has 0 saturated heterocycles. The van der Waals surface area contributed by atoms with Crippen LogP contribution < -0.4 is 14.9 Å². The second-order valence-electron chi connectivity index (χ2n) is 9.60. The summed E-state index contributed by atoms with van der Waals surface area (Å²) in [5.74, 6) is 1.42. The van der Waals surface area contributed by atoms with Gasteiger partial charge in [0.2, 0.25) is 0 Å². The van der Waals surface area contributed by atoms with Gasteiger partial charge in [0.15, 0.2) is 6.61 Å². The summed E-state index contributed by atoms with van der Waals surface area (Å²) in [6.07, 6.45) is -0.986. The zero-order chi connectivity index (χ0) is 25.0. The van der Waals surface area contributed by atoms with Crippen molar-refractivity contribution in [2.75, 3.05) is 11.9 Å². The van der Waals surface area contributed by atoms with Gasteiger partial charge in [-0.25, -0.2) is 0 Å². The van der Waals surface area contributed by atoms with Gasteiger partial charge >= 0.3 is 11.0 Å². The van der Waals surface area contributed by atoms with Crippen LogP contribution in [0.3, 0.4) is 0 Å². The summed E-state index contributed by atoms with van der Waals surface area (Å²) in [4.78, 5) is 28.8. The van der Waals surface area contributed by atoms with Gasteiger partial charge in [-0.15, -0.1) is 11.8 Å². The Bertz CT molecular complexity index is 1370. The molecule has 188 valence electrons. The van der Waals surface area contributed by atoms with Crippen LogP contribution in [0.4, 0.5) is 18.9 Å². The van der Waals surface area contributed by atoms with Gasteiger partial charge in [-0.1, -0.05) is 41.7 Å². The Morgan fingerprint density at radius 3 is 2.67 bits per heavy atom. The number of anilines is 1. The number of H-pyrrole nitrogens is 1. The molecule has 2 heterocycles. The molecule has 6 rings (SSSR count). The lowest BCUT2D eigenvalue weighted by molar-refractivity contribution is -0.137. The molecule has 2 N–H and O–H groups in total. The van der Waals surface area contributed by atoms with Crippen LogP contribution in [0.25, 0.3) is 0 Å². The molecular formula is C26H23F3N2O3S2. The minimum atomic E-state index is -4.58. The third kappa shape index (κ3) is 4.14. The van der Waals surface area contributed by atoms with Crippen molar-refractivity contribution in [1.29, 1.82) is 0 Å². The Balaban J connectivity index is 1.27. The van der Waals surface area contributed by atoms with E-state index >= 15 is 0 Å². The molecule has 36 heavy (non-hydrogen) atoms. The molecule has 5 atom stereocenters. The first kappa shape index (κ1) is 23.7. The van der Waals surface area contributed by atoms with E-state index in [0.29, 0.717) is 28.8 Å². The Kier molecular flexibility index (Phi) is 5.91. The number of hydrogen-bond acceptors (Lipinski definition) is 5. The summed E-state index contributed by atoms with van der Waals surface area (Å²) in [6.45, 7) is -0.430. The molecule has 3 aliphatic rings. The third-order valence-corrected chi connectivity index (χ3v) is 10.2. The zero-order valence-corrected chi connectivity index (χ0v) is 20.6. The maximum Gasteiger partial charge on any atom is 0.418 e. The van der Waals surface area contributed by atoms with E-state index in [9.17, 15) is 22.8 Å². The number of amides is 1. The van der Waals surface area contributed by atoms with Crippen molar-refractivity contribution in [3.63, 3.8) is 0 Å². The first-order valence-corrected chi connectivity index (χ1v) is 13.6. The van der Waals surface area contributed by atoms with Gasteiger partial charge in [-0.3, -0.25) is 9.59 Å². The number of carbonyl (C=O) groups excluding carboxylic acids is 1. The van der Waals surface area contributed by atoms with Crippen molar-refractivity contribution in [2.24, 2.45) is 17.8 Å². The van der Waals surface area contributed by atoms with Crippen LogP contribution in [0.5, 0.6) is 5.75 Å². The fraction of sp³-hybridized carbons (Fsp3) is 0.385. The van der Waals surface area contributed by atoms with Crippen LogP contribution in [-0.4, -0.2) is 22.7 Å². The molecule has 1 aromatic heterocycles. The second kappa shape index (κ2) is 8.99. The van der Waals surface area contributed by atoms with Crippen LogP contribution in [0.15, 0.2) is 58.4 Å². The van der Waals surface area contributed by atoms with Crippen molar-refractivity contribution in [2.45, 2.75) is 41.6 Å². The monoisotopic (exact) mass is 532 g/mol. The molecule has 2 bridgehead atoms. The average Bonchev–Trinajstić information content (AvgIpc) is 3.55. The fourth-order valence-corrected chi connectivity index (χ4v) is 9.12. The molecule has 10 heteroatoms. The second-order valence-corrected chi connectivity index (χ2v) is 11.8. The Morgan fingerprint density at radius 1 is 1.08 bits per heavy atom. The molecule has 5 nitrogen and oxygen atoms in total. The number of ether oxygens (including phenoxy) is 1. The van der Waals surface area contributed by atoms with E-state index in [1.165, 1.54) is 48.8 Å². The van der Waals surface area contributed by atoms with Crippen molar-refractivity contribution in [3.8, 4) is 5.75 Å². The summed E-state index contributed by atoms with van der Waals surface area (Å²) < 4.78 is 45.8. The largest absolute Gasteiger partial charge is 0.483 e.